The van der Waals surface area contributed by atoms with Gasteiger partial charge in [0.2, 0.25) is 11.5 Å². The minimum Gasteiger partial charge on any atom is -0.493 e. The van der Waals surface area contributed by atoms with Gasteiger partial charge in [0.15, 0.2) is 0 Å². The molecule has 5 nitrogen and oxygen atoms in total. The molecule has 3 aromatic carbocycles. The Labute approximate surface area is 190 Å². The molecule has 3 aromatic rings. The molecule has 0 radical (unpaired) electrons. The van der Waals surface area contributed by atoms with Gasteiger partial charge < -0.3 is 14.2 Å². The molecule has 0 spiro atoms. The Bertz CT molecular complexity index is 1220. The Kier molecular flexibility index (Phi) is 5.58. The Morgan fingerprint density at radius 2 is 1.81 bits per heavy atom. The second kappa shape index (κ2) is 8.67. The van der Waals surface area contributed by atoms with Gasteiger partial charge in [-0.05, 0) is 53.9 Å². The molecule has 2 aliphatic rings. The van der Waals surface area contributed by atoms with Crippen LogP contribution < -0.4 is 4.74 Å². The zero-order valence-electron chi connectivity index (χ0n) is 17.2. The normalized spacial score (nSPS) is 22.5. The maximum absolute atomic E-state index is 13.0. The fraction of sp³-hybridized carbons (Fsp3) is 0.231. The van der Waals surface area contributed by atoms with Crippen LogP contribution in [0.3, 0.4) is 0 Å². The number of hydrogen-bond acceptors (Lipinski definition) is 5. The number of ether oxygens (including phenoxy) is 3. The highest BCUT2D eigenvalue weighted by molar-refractivity contribution is 6.30. The smallest absolute Gasteiger partial charge is 0.338 e. The lowest BCUT2D eigenvalue weighted by Crippen LogP contribution is -2.43. The van der Waals surface area contributed by atoms with Crippen LogP contribution in [-0.4, -0.2) is 24.0 Å². The molecule has 0 N–H and O–H groups in total. The van der Waals surface area contributed by atoms with Gasteiger partial charge in [0, 0.05) is 11.4 Å². The maximum Gasteiger partial charge on any atom is 0.338 e. The lowest BCUT2D eigenvalue weighted by molar-refractivity contribution is -0.132. The molecule has 0 amide bonds. The summed E-state index contributed by atoms with van der Waals surface area (Å²) < 4.78 is 17.4. The minimum absolute atomic E-state index is 0.0750. The van der Waals surface area contributed by atoms with Crippen LogP contribution in [0.1, 0.15) is 29.6 Å². The summed E-state index contributed by atoms with van der Waals surface area (Å²) in [5, 5.41) is 2.62. The van der Waals surface area contributed by atoms with E-state index >= 15 is 0 Å². The Morgan fingerprint density at radius 3 is 2.66 bits per heavy atom. The summed E-state index contributed by atoms with van der Waals surface area (Å²) in [5.74, 6) is -0.00931. The molecular formula is C26H21ClO5. The van der Waals surface area contributed by atoms with E-state index in [-0.39, 0.29) is 29.7 Å². The van der Waals surface area contributed by atoms with Crippen molar-refractivity contribution in [2.24, 2.45) is 5.92 Å². The highest BCUT2D eigenvalue weighted by Crippen LogP contribution is 2.35. The van der Waals surface area contributed by atoms with Crippen molar-refractivity contribution in [3.8, 4) is 5.75 Å². The van der Waals surface area contributed by atoms with Crippen molar-refractivity contribution in [1.29, 1.82) is 0 Å². The van der Waals surface area contributed by atoms with Gasteiger partial charge in [-0.25, -0.2) is 4.79 Å². The molecule has 1 fully saturated rings. The molecule has 0 saturated heterocycles. The first-order valence-electron chi connectivity index (χ1n) is 10.6. The first-order chi connectivity index (χ1) is 15.6. The number of Topliss-reactive ketones (excluding diaryl/α,β-unsaturated/α-hetero) is 1. The predicted molar refractivity (Wildman–Crippen MR) is 121 cm³/mol. The van der Waals surface area contributed by atoms with Crippen molar-refractivity contribution in [1.82, 2.24) is 0 Å². The van der Waals surface area contributed by atoms with Crippen LogP contribution in [0.2, 0.25) is 5.02 Å². The van der Waals surface area contributed by atoms with Crippen molar-refractivity contribution >= 4 is 34.1 Å². The van der Waals surface area contributed by atoms with E-state index in [9.17, 15) is 9.59 Å². The third-order valence-corrected chi connectivity index (χ3v) is 6.19. The Morgan fingerprint density at radius 1 is 0.969 bits per heavy atom. The quantitative estimate of drug-likeness (QED) is 0.478. The molecule has 1 saturated carbocycles. The van der Waals surface area contributed by atoms with Crippen molar-refractivity contribution in [3.05, 3.63) is 89.3 Å². The summed E-state index contributed by atoms with van der Waals surface area (Å²) in [7, 11) is 0. The highest BCUT2D eigenvalue weighted by atomic mass is 35.5. The third-order valence-electron chi connectivity index (χ3n) is 5.96. The second-order valence-corrected chi connectivity index (χ2v) is 8.53. The Balaban J connectivity index is 1.24. The van der Waals surface area contributed by atoms with Crippen LogP contribution in [0.25, 0.3) is 10.8 Å². The molecule has 6 heteroatoms. The lowest BCUT2D eigenvalue weighted by Gasteiger charge is -2.36. The fourth-order valence-electron chi connectivity index (χ4n) is 4.31. The third kappa shape index (κ3) is 4.21. The summed E-state index contributed by atoms with van der Waals surface area (Å²) in [5.41, 5.74) is 0.409. The van der Waals surface area contributed by atoms with Crippen LogP contribution in [0.15, 0.2) is 78.8 Å². The lowest BCUT2D eigenvalue weighted by atomic mass is 9.80. The number of carbonyl (C=O) groups is 2. The fourth-order valence-corrected chi connectivity index (χ4v) is 4.50. The molecule has 1 aliphatic heterocycles. The van der Waals surface area contributed by atoms with E-state index in [0.29, 0.717) is 35.6 Å². The molecule has 1 heterocycles. The summed E-state index contributed by atoms with van der Waals surface area (Å²) in [6, 6.07) is 20.3. The molecule has 1 aliphatic carbocycles. The van der Waals surface area contributed by atoms with Crippen LogP contribution in [-0.2, 0) is 14.3 Å². The number of esters is 1. The highest BCUT2D eigenvalue weighted by Gasteiger charge is 2.42. The number of fused-ring (bicyclic) bond motifs is 2. The maximum atomic E-state index is 13.0. The molecule has 0 bridgehead atoms. The van der Waals surface area contributed by atoms with E-state index in [1.807, 2.05) is 42.5 Å². The van der Waals surface area contributed by atoms with Crippen molar-refractivity contribution in [2.75, 3.05) is 0 Å². The summed E-state index contributed by atoms with van der Waals surface area (Å²) in [6.07, 6.45) is 2.35. The van der Waals surface area contributed by atoms with E-state index in [4.69, 9.17) is 25.8 Å². The first kappa shape index (κ1) is 20.6. The van der Waals surface area contributed by atoms with E-state index in [1.165, 1.54) is 6.26 Å². The largest absolute Gasteiger partial charge is 0.493 e. The van der Waals surface area contributed by atoms with Gasteiger partial charge in [-0.1, -0.05) is 48.0 Å². The monoisotopic (exact) mass is 448 g/mol. The standard InChI is InChI=1S/C26H21ClO5/c27-19-7-3-6-18(12-19)26(29)32-21-10-11-22-23(14-21)30-15-24(25(22)28)31-20-9-8-16-4-1-2-5-17(16)13-20/h1-9,12-13,15,21-23H,10-11,14H2. The SMILES string of the molecule is O=C(OC1CCC2C(=O)C(Oc3ccc4ccccc4c3)=COC2C1)c1cccc(Cl)c1. The van der Waals surface area contributed by atoms with Crippen molar-refractivity contribution < 1.29 is 23.8 Å². The van der Waals surface area contributed by atoms with Gasteiger partial charge in [-0.15, -0.1) is 0 Å². The average Bonchev–Trinajstić information content (AvgIpc) is 2.81. The Hall–Kier alpha value is -3.31. The number of halogens is 1. The van der Waals surface area contributed by atoms with Crippen LogP contribution in [0, 0.1) is 5.92 Å². The number of benzene rings is 3. The van der Waals surface area contributed by atoms with Gasteiger partial charge in [-0.3, -0.25) is 4.79 Å². The van der Waals surface area contributed by atoms with Crippen LogP contribution >= 0.6 is 11.6 Å². The summed E-state index contributed by atoms with van der Waals surface area (Å²) in [6.45, 7) is 0. The van der Waals surface area contributed by atoms with E-state index in [1.54, 1.807) is 24.3 Å². The summed E-state index contributed by atoms with van der Waals surface area (Å²) >= 11 is 5.96. The number of allylic oxidation sites excluding steroid dienone is 1. The number of ketones is 1. The molecule has 32 heavy (non-hydrogen) atoms. The van der Waals surface area contributed by atoms with Gasteiger partial charge in [-0.2, -0.15) is 0 Å². The molecule has 3 atom stereocenters. The first-order valence-corrected chi connectivity index (χ1v) is 11.0. The van der Waals surface area contributed by atoms with Crippen molar-refractivity contribution in [3.63, 3.8) is 0 Å². The van der Waals surface area contributed by atoms with Gasteiger partial charge in [0.05, 0.1) is 11.5 Å². The molecule has 0 aromatic heterocycles. The molecule has 3 unspecified atom stereocenters. The van der Waals surface area contributed by atoms with Gasteiger partial charge >= 0.3 is 5.97 Å². The van der Waals surface area contributed by atoms with E-state index in [0.717, 1.165) is 10.8 Å². The molecular weight excluding hydrogens is 428 g/mol. The molecule has 5 rings (SSSR count). The number of carbonyl (C=O) groups excluding carboxylic acids is 2. The number of rotatable bonds is 4. The predicted octanol–water partition coefficient (Wildman–Crippen LogP) is 5.71. The number of hydrogen-bond donors (Lipinski definition) is 0. The van der Waals surface area contributed by atoms with Crippen LogP contribution in [0.4, 0.5) is 0 Å². The van der Waals surface area contributed by atoms with Crippen LogP contribution in [0.5, 0.6) is 5.75 Å². The molecule has 162 valence electrons. The second-order valence-electron chi connectivity index (χ2n) is 8.09. The summed E-state index contributed by atoms with van der Waals surface area (Å²) in [4.78, 5) is 25.4. The van der Waals surface area contributed by atoms with Gasteiger partial charge in [0.25, 0.3) is 0 Å². The van der Waals surface area contributed by atoms with E-state index < -0.39 is 5.97 Å². The average molecular weight is 449 g/mol. The zero-order chi connectivity index (χ0) is 22.1. The minimum atomic E-state index is -0.422. The van der Waals surface area contributed by atoms with Gasteiger partial charge in [0.1, 0.15) is 24.2 Å². The van der Waals surface area contributed by atoms with E-state index in [2.05, 4.69) is 0 Å². The topological polar surface area (TPSA) is 61.8 Å². The zero-order valence-corrected chi connectivity index (χ0v) is 18.0. The van der Waals surface area contributed by atoms with Crippen molar-refractivity contribution in [2.45, 2.75) is 31.5 Å².